The van der Waals surface area contributed by atoms with Gasteiger partial charge < -0.3 is 4.74 Å². The van der Waals surface area contributed by atoms with Crippen LogP contribution in [0.1, 0.15) is 12.5 Å². The van der Waals surface area contributed by atoms with Gasteiger partial charge in [-0.3, -0.25) is 4.79 Å². The SMILES string of the molecule is CCOC(=O)C1=CC2=C(Br)C=NC(=O)C2N1S(=O)(=O)c1ccc(C)cc1. The molecule has 2 heterocycles. The first-order valence-corrected chi connectivity index (χ1v) is 9.98. The van der Waals surface area contributed by atoms with Gasteiger partial charge in [-0.2, -0.15) is 0 Å². The third-order valence-electron chi connectivity index (χ3n) is 3.94. The molecular weight excluding hydrogens is 424 g/mol. The number of carbonyl (C=O) groups is 2. The lowest BCUT2D eigenvalue weighted by molar-refractivity contribution is -0.139. The van der Waals surface area contributed by atoms with Gasteiger partial charge in [-0.05, 0) is 48.0 Å². The highest BCUT2D eigenvalue weighted by molar-refractivity contribution is 9.12. The number of hydrogen-bond acceptors (Lipinski definition) is 5. The van der Waals surface area contributed by atoms with E-state index >= 15 is 0 Å². The van der Waals surface area contributed by atoms with Gasteiger partial charge in [0, 0.05) is 16.3 Å². The van der Waals surface area contributed by atoms with Crippen LogP contribution >= 0.6 is 15.9 Å². The van der Waals surface area contributed by atoms with E-state index in [0.717, 1.165) is 9.87 Å². The van der Waals surface area contributed by atoms with E-state index in [1.165, 1.54) is 24.4 Å². The van der Waals surface area contributed by atoms with Gasteiger partial charge in [0.1, 0.15) is 5.70 Å². The molecule has 1 aromatic rings. The Kier molecular flexibility index (Phi) is 4.85. The lowest BCUT2D eigenvalue weighted by atomic mass is 10.1. The zero-order valence-corrected chi connectivity index (χ0v) is 16.4. The predicted molar refractivity (Wildman–Crippen MR) is 98.2 cm³/mol. The van der Waals surface area contributed by atoms with Crippen molar-refractivity contribution in [1.29, 1.82) is 0 Å². The molecule has 1 amide bonds. The van der Waals surface area contributed by atoms with Crippen molar-refractivity contribution in [2.45, 2.75) is 24.8 Å². The Morgan fingerprint density at radius 1 is 1.31 bits per heavy atom. The molecule has 0 aliphatic carbocycles. The molecule has 0 fully saturated rings. The quantitative estimate of drug-likeness (QED) is 0.670. The highest BCUT2D eigenvalue weighted by Crippen LogP contribution is 2.38. The van der Waals surface area contributed by atoms with Crippen molar-refractivity contribution < 1.29 is 22.7 Å². The van der Waals surface area contributed by atoms with Crippen LogP contribution in [0.15, 0.2) is 56.0 Å². The summed E-state index contributed by atoms with van der Waals surface area (Å²) in [6, 6.07) is 4.91. The first kappa shape index (κ1) is 18.5. The number of nitrogens with zero attached hydrogens (tertiary/aromatic N) is 2. The topological polar surface area (TPSA) is 93.1 Å². The van der Waals surface area contributed by atoms with Gasteiger partial charge in [-0.25, -0.2) is 22.5 Å². The van der Waals surface area contributed by atoms with Gasteiger partial charge in [0.2, 0.25) is 0 Å². The summed E-state index contributed by atoms with van der Waals surface area (Å²) in [7, 11) is -4.18. The summed E-state index contributed by atoms with van der Waals surface area (Å²) in [6.45, 7) is 3.51. The van der Waals surface area contributed by atoms with Gasteiger partial charge in [0.25, 0.3) is 15.9 Å². The number of halogens is 1. The van der Waals surface area contributed by atoms with Gasteiger partial charge in [0.05, 0.1) is 11.5 Å². The van der Waals surface area contributed by atoms with E-state index in [1.54, 1.807) is 19.1 Å². The standard InChI is InChI=1S/C17H15BrN2O5S/c1-3-25-17(22)14-8-12-13(18)9-19-16(21)15(12)20(14)26(23,24)11-6-4-10(2)5-7-11/h4-9,15H,3H2,1-2H3. The van der Waals surface area contributed by atoms with Crippen LogP contribution < -0.4 is 0 Å². The summed E-state index contributed by atoms with van der Waals surface area (Å²) >= 11 is 3.26. The molecule has 1 atom stereocenters. The molecule has 3 rings (SSSR count). The van der Waals surface area contributed by atoms with Crippen molar-refractivity contribution in [1.82, 2.24) is 4.31 Å². The normalized spacial score (nSPS) is 19.5. The van der Waals surface area contributed by atoms with Crippen LogP contribution in [0.3, 0.4) is 0 Å². The third kappa shape index (κ3) is 3.01. The van der Waals surface area contributed by atoms with E-state index in [9.17, 15) is 18.0 Å². The first-order valence-electron chi connectivity index (χ1n) is 7.75. The third-order valence-corrected chi connectivity index (χ3v) is 6.39. The molecule has 1 aromatic carbocycles. The number of sulfonamides is 1. The fourth-order valence-electron chi connectivity index (χ4n) is 2.70. The van der Waals surface area contributed by atoms with Crippen molar-refractivity contribution in [3.8, 4) is 0 Å². The molecule has 9 heteroatoms. The minimum Gasteiger partial charge on any atom is -0.461 e. The minimum absolute atomic E-state index is 0.0296. The number of dihydropyridines is 1. The summed E-state index contributed by atoms with van der Waals surface area (Å²) < 4.78 is 32.6. The van der Waals surface area contributed by atoms with Crippen LogP contribution in [0.2, 0.25) is 0 Å². The van der Waals surface area contributed by atoms with E-state index in [1.807, 2.05) is 6.92 Å². The predicted octanol–water partition coefficient (Wildman–Crippen LogP) is 2.07. The molecule has 2 aliphatic rings. The maximum Gasteiger partial charge on any atom is 0.355 e. The highest BCUT2D eigenvalue weighted by Gasteiger charge is 2.47. The van der Waals surface area contributed by atoms with E-state index in [-0.39, 0.29) is 17.2 Å². The molecule has 26 heavy (non-hydrogen) atoms. The molecule has 136 valence electrons. The smallest absolute Gasteiger partial charge is 0.355 e. The van der Waals surface area contributed by atoms with Crippen LogP contribution in [-0.2, 0) is 24.3 Å². The molecule has 0 N–H and O–H groups in total. The monoisotopic (exact) mass is 438 g/mol. The second-order valence-corrected chi connectivity index (χ2v) is 8.34. The molecule has 0 saturated carbocycles. The molecule has 0 aromatic heterocycles. The number of rotatable bonds is 4. The Labute approximate surface area is 159 Å². The fourth-order valence-corrected chi connectivity index (χ4v) is 4.71. The first-order chi connectivity index (χ1) is 12.3. The Bertz CT molecular complexity index is 977. The number of hydrogen-bond donors (Lipinski definition) is 0. The van der Waals surface area contributed by atoms with Crippen LogP contribution in [0.25, 0.3) is 0 Å². The van der Waals surface area contributed by atoms with Crippen molar-refractivity contribution >= 4 is 44.0 Å². The number of fused-ring (bicyclic) bond motifs is 1. The zero-order chi connectivity index (χ0) is 19.1. The number of esters is 1. The summed E-state index contributed by atoms with van der Waals surface area (Å²) in [6.07, 6.45) is 2.64. The number of carbonyl (C=O) groups excluding carboxylic acids is 2. The summed E-state index contributed by atoms with van der Waals surface area (Å²) in [4.78, 5) is 28.4. The fraction of sp³-hybridized carbons (Fsp3) is 0.235. The molecule has 7 nitrogen and oxygen atoms in total. The van der Waals surface area contributed by atoms with Crippen molar-refractivity contribution in [3.63, 3.8) is 0 Å². The van der Waals surface area contributed by atoms with Crippen molar-refractivity contribution in [3.05, 3.63) is 51.7 Å². The van der Waals surface area contributed by atoms with Crippen LogP contribution in [0.5, 0.6) is 0 Å². The van der Waals surface area contributed by atoms with Crippen molar-refractivity contribution in [2.24, 2.45) is 4.99 Å². The minimum atomic E-state index is -4.18. The van der Waals surface area contributed by atoms with Crippen molar-refractivity contribution in [2.75, 3.05) is 6.61 Å². The van der Waals surface area contributed by atoms with Crippen LogP contribution in [-0.4, -0.2) is 43.5 Å². The van der Waals surface area contributed by atoms with Gasteiger partial charge >= 0.3 is 5.97 Å². The number of aliphatic imine (C=N–C) groups is 1. The average Bonchev–Trinajstić information content (AvgIpc) is 3.02. The number of benzene rings is 1. The number of aryl methyl sites for hydroxylation is 1. The van der Waals surface area contributed by atoms with Crippen LogP contribution in [0, 0.1) is 6.92 Å². The second-order valence-electron chi connectivity index (χ2n) is 5.67. The Morgan fingerprint density at radius 3 is 2.58 bits per heavy atom. The Balaban J connectivity index is 2.17. The summed E-state index contributed by atoms with van der Waals surface area (Å²) in [5, 5.41) is 0. The number of ether oxygens (including phenoxy) is 1. The maximum atomic E-state index is 13.2. The molecule has 0 bridgehead atoms. The average molecular weight is 439 g/mol. The van der Waals surface area contributed by atoms with Gasteiger partial charge in [-0.15, -0.1) is 0 Å². The van der Waals surface area contributed by atoms with E-state index < -0.39 is 27.9 Å². The van der Waals surface area contributed by atoms with Gasteiger partial charge in [0.15, 0.2) is 6.04 Å². The number of amides is 1. The van der Waals surface area contributed by atoms with E-state index in [4.69, 9.17) is 4.74 Å². The second kappa shape index (κ2) is 6.81. The largest absolute Gasteiger partial charge is 0.461 e. The zero-order valence-electron chi connectivity index (χ0n) is 14.0. The molecular formula is C17H15BrN2O5S. The van der Waals surface area contributed by atoms with E-state index in [0.29, 0.717) is 10.1 Å². The Morgan fingerprint density at radius 2 is 1.96 bits per heavy atom. The highest BCUT2D eigenvalue weighted by atomic mass is 79.9. The molecule has 0 spiro atoms. The maximum absolute atomic E-state index is 13.2. The summed E-state index contributed by atoms with van der Waals surface area (Å²) in [5.41, 5.74) is 1.01. The molecule has 0 saturated heterocycles. The lowest BCUT2D eigenvalue weighted by Crippen LogP contribution is -2.44. The molecule has 1 unspecified atom stereocenters. The van der Waals surface area contributed by atoms with Crippen LogP contribution in [0.4, 0.5) is 0 Å². The lowest BCUT2D eigenvalue weighted by Gasteiger charge is -2.27. The van der Waals surface area contributed by atoms with E-state index in [2.05, 4.69) is 20.9 Å². The molecule has 0 radical (unpaired) electrons. The summed E-state index contributed by atoms with van der Waals surface area (Å²) in [5.74, 6) is -1.49. The Hall–Kier alpha value is -2.26. The number of allylic oxidation sites excluding steroid dienone is 1. The molecule has 2 aliphatic heterocycles. The van der Waals surface area contributed by atoms with Gasteiger partial charge in [-0.1, -0.05) is 17.7 Å².